The van der Waals surface area contributed by atoms with E-state index in [9.17, 15) is 9.90 Å². The van der Waals surface area contributed by atoms with Crippen molar-refractivity contribution in [3.63, 3.8) is 0 Å². The van der Waals surface area contributed by atoms with Gasteiger partial charge in [0, 0.05) is 5.56 Å². The Labute approximate surface area is 107 Å². The fourth-order valence-electron chi connectivity index (χ4n) is 2.52. The fraction of sp³-hybridized carbons (Fsp3) is 0.400. The predicted molar refractivity (Wildman–Crippen MR) is 70.2 cm³/mol. The monoisotopic (exact) mass is 243 g/mol. The van der Waals surface area contributed by atoms with Crippen LogP contribution in [0.15, 0.2) is 24.3 Å². The van der Waals surface area contributed by atoms with Crippen LogP contribution in [0.5, 0.6) is 0 Å². The Morgan fingerprint density at radius 2 is 2.44 bits per heavy atom. The third kappa shape index (κ3) is 2.91. The van der Waals surface area contributed by atoms with Crippen LogP contribution in [-0.4, -0.2) is 24.2 Å². The first kappa shape index (κ1) is 12.7. The number of carbonyl (C=O) groups is 1. The number of hydrogen-bond donors (Lipinski definition) is 2. The minimum Gasteiger partial charge on any atom is -0.481 e. The van der Waals surface area contributed by atoms with Crippen LogP contribution in [0.1, 0.15) is 17.5 Å². The summed E-state index contributed by atoms with van der Waals surface area (Å²) < 4.78 is 0. The minimum atomic E-state index is -0.713. The van der Waals surface area contributed by atoms with E-state index in [1.807, 2.05) is 24.3 Å². The summed E-state index contributed by atoms with van der Waals surface area (Å²) in [5.41, 5.74) is 1.81. The van der Waals surface area contributed by atoms with E-state index in [1.165, 1.54) is 0 Å². The van der Waals surface area contributed by atoms with Crippen LogP contribution in [0.3, 0.4) is 0 Å². The van der Waals surface area contributed by atoms with Crippen LogP contribution in [0.4, 0.5) is 0 Å². The van der Waals surface area contributed by atoms with Crippen molar-refractivity contribution in [3.8, 4) is 12.3 Å². The lowest BCUT2D eigenvalue weighted by Gasteiger charge is -2.18. The van der Waals surface area contributed by atoms with Gasteiger partial charge in [0.15, 0.2) is 0 Å². The maximum atomic E-state index is 11.4. The topological polar surface area (TPSA) is 49.3 Å². The van der Waals surface area contributed by atoms with Gasteiger partial charge in [-0.2, -0.15) is 0 Å². The van der Waals surface area contributed by atoms with Gasteiger partial charge < -0.3 is 10.4 Å². The third-order valence-corrected chi connectivity index (χ3v) is 3.53. The van der Waals surface area contributed by atoms with E-state index in [2.05, 4.69) is 11.2 Å². The molecular formula is C15H17NO2. The highest BCUT2D eigenvalue weighted by atomic mass is 16.4. The molecule has 0 aromatic heterocycles. The molecule has 2 atom stereocenters. The zero-order valence-corrected chi connectivity index (χ0v) is 10.2. The average Bonchev–Trinajstić information content (AvgIpc) is 2.89. The fourth-order valence-corrected chi connectivity index (χ4v) is 2.52. The molecule has 1 heterocycles. The smallest absolute Gasteiger partial charge is 0.307 e. The Hall–Kier alpha value is -1.79. The van der Waals surface area contributed by atoms with Crippen LogP contribution in [-0.2, 0) is 11.2 Å². The van der Waals surface area contributed by atoms with Crippen molar-refractivity contribution in [2.45, 2.75) is 12.8 Å². The van der Waals surface area contributed by atoms with Crippen molar-refractivity contribution in [3.05, 3.63) is 35.4 Å². The molecule has 1 aliphatic rings. The van der Waals surface area contributed by atoms with E-state index in [1.54, 1.807) is 0 Å². The third-order valence-electron chi connectivity index (χ3n) is 3.53. The van der Waals surface area contributed by atoms with Gasteiger partial charge in [0.25, 0.3) is 0 Å². The van der Waals surface area contributed by atoms with E-state index in [0.29, 0.717) is 6.42 Å². The number of rotatable bonds is 4. The van der Waals surface area contributed by atoms with Crippen molar-refractivity contribution in [1.29, 1.82) is 0 Å². The average molecular weight is 243 g/mol. The second-order valence-electron chi connectivity index (χ2n) is 4.75. The maximum absolute atomic E-state index is 11.4. The van der Waals surface area contributed by atoms with E-state index in [-0.39, 0.29) is 11.8 Å². The van der Waals surface area contributed by atoms with Gasteiger partial charge in [-0.1, -0.05) is 18.1 Å². The van der Waals surface area contributed by atoms with Crippen LogP contribution in [0.2, 0.25) is 0 Å². The summed E-state index contributed by atoms with van der Waals surface area (Å²) in [5.74, 6) is 1.76. The van der Waals surface area contributed by atoms with Gasteiger partial charge in [0.2, 0.25) is 0 Å². The molecule has 1 aromatic rings. The van der Waals surface area contributed by atoms with Crippen LogP contribution in [0, 0.1) is 24.2 Å². The van der Waals surface area contributed by atoms with Gasteiger partial charge in [-0.15, -0.1) is 6.42 Å². The molecule has 18 heavy (non-hydrogen) atoms. The molecule has 0 aliphatic carbocycles. The first-order valence-corrected chi connectivity index (χ1v) is 6.20. The van der Waals surface area contributed by atoms with E-state index in [4.69, 9.17) is 6.42 Å². The normalized spacial score (nSPS) is 20.3. The van der Waals surface area contributed by atoms with E-state index < -0.39 is 5.97 Å². The molecule has 1 aromatic carbocycles. The molecule has 94 valence electrons. The van der Waals surface area contributed by atoms with Gasteiger partial charge in [-0.25, -0.2) is 0 Å². The Balaban J connectivity index is 2.13. The van der Waals surface area contributed by atoms with Crippen LogP contribution < -0.4 is 5.32 Å². The minimum absolute atomic E-state index is 0.219. The SMILES string of the molecule is C#Cc1cccc(CC(C(=O)O)C2CCNC2)c1. The Morgan fingerprint density at radius 1 is 1.61 bits per heavy atom. The molecule has 2 unspecified atom stereocenters. The zero-order valence-electron chi connectivity index (χ0n) is 10.2. The number of nitrogens with one attached hydrogen (secondary N) is 1. The molecule has 0 radical (unpaired) electrons. The van der Waals surface area contributed by atoms with E-state index >= 15 is 0 Å². The van der Waals surface area contributed by atoms with Gasteiger partial charge in [-0.05, 0) is 49.5 Å². The first-order chi connectivity index (χ1) is 8.70. The quantitative estimate of drug-likeness (QED) is 0.788. The summed E-state index contributed by atoms with van der Waals surface area (Å²) in [6, 6.07) is 7.59. The van der Waals surface area contributed by atoms with Gasteiger partial charge in [-0.3, -0.25) is 4.79 Å². The summed E-state index contributed by atoms with van der Waals surface area (Å²) in [6.07, 6.45) is 6.84. The summed E-state index contributed by atoms with van der Waals surface area (Å²) in [6.45, 7) is 1.71. The molecule has 2 rings (SSSR count). The lowest BCUT2D eigenvalue weighted by atomic mass is 9.86. The molecule has 2 N–H and O–H groups in total. The van der Waals surface area contributed by atoms with Crippen molar-refractivity contribution < 1.29 is 9.90 Å². The zero-order chi connectivity index (χ0) is 13.0. The highest BCUT2D eigenvalue weighted by molar-refractivity contribution is 5.71. The second-order valence-corrected chi connectivity index (χ2v) is 4.75. The standard InChI is InChI=1S/C15H17NO2/c1-2-11-4-3-5-12(8-11)9-14(15(17)18)13-6-7-16-10-13/h1,3-5,8,13-14,16H,6-7,9-10H2,(H,17,18). The van der Waals surface area contributed by atoms with Gasteiger partial charge >= 0.3 is 5.97 Å². The van der Waals surface area contributed by atoms with Crippen LogP contribution in [0.25, 0.3) is 0 Å². The Morgan fingerprint density at radius 3 is 3.06 bits per heavy atom. The van der Waals surface area contributed by atoms with Crippen molar-refractivity contribution in [1.82, 2.24) is 5.32 Å². The second kappa shape index (κ2) is 5.70. The number of terminal acetylenes is 1. The number of hydrogen-bond acceptors (Lipinski definition) is 2. The predicted octanol–water partition coefficient (Wildman–Crippen LogP) is 1.52. The molecular weight excluding hydrogens is 226 g/mol. The molecule has 3 nitrogen and oxygen atoms in total. The van der Waals surface area contributed by atoms with Crippen molar-refractivity contribution in [2.24, 2.45) is 11.8 Å². The van der Waals surface area contributed by atoms with Gasteiger partial charge in [0.1, 0.15) is 0 Å². The maximum Gasteiger partial charge on any atom is 0.307 e. The van der Waals surface area contributed by atoms with Crippen LogP contribution >= 0.6 is 0 Å². The molecule has 0 amide bonds. The molecule has 1 fully saturated rings. The summed E-state index contributed by atoms with van der Waals surface area (Å²) >= 11 is 0. The molecule has 1 saturated heterocycles. The largest absolute Gasteiger partial charge is 0.481 e. The van der Waals surface area contributed by atoms with Crippen molar-refractivity contribution in [2.75, 3.05) is 13.1 Å². The van der Waals surface area contributed by atoms with E-state index in [0.717, 1.165) is 30.6 Å². The van der Waals surface area contributed by atoms with Gasteiger partial charge in [0.05, 0.1) is 5.92 Å². The molecule has 1 aliphatic heterocycles. The number of carboxylic acids is 1. The first-order valence-electron chi connectivity index (χ1n) is 6.20. The lowest BCUT2D eigenvalue weighted by Crippen LogP contribution is -2.27. The number of carboxylic acid groups (broad SMARTS) is 1. The molecule has 3 heteroatoms. The summed E-state index contributed by atoms with van der Waals surface area (Å²) in [5, 5.41) is 12.6. The lowest BCUT2D eigenvalue weighted by molar-refractivity contribution is -0.143. The highest BCUT2D eigenvalue weighted by Crippen LogP contribution is 2.23. The molecule has 0 bridgehead atoms. The number of benzene rings is 1. The Bertz CT molecular complexity index is 470. The number of aliphatic carboxylic acids is 1. The highest BCUT2D eigenvalue weighted by Gasteiger charge is 2.30. The summed E-state index contributed by atoms with van der Waals surface area (Å²) in [4.78, 5) is 11.4. The molecule has 0 spiro atoms. The van der Waals surface area contributed by atoms with Crippen molar-refractivity contribution >= 4 is 5.97 Å². The Kier molecular flexibility index (Phi) is 4.01. The summed E-state index contributed by atoms with van der Waals surface area (Å²) in [7, 11) is 0. The molecule has 0 saturated carbocycles.